The van der Waals surface area contributed by atoms with Crippen molar-refractivity contribution in [3.05, 3.63) is 29.6 Å². The summed E-state index contributed by atoms with van der Waals surface area (Å²) < 4.78 is 25.6. The van der Waals surface area contributed by atoms with Crippen LogP contribution in [0.1, 0.15) is 43.7 Å². The zero-order chi connectivity index (χ0) is 21.6. The van der Waals surface area contributed by atoms with E-state index in [1.165, 1.54) is 11.8 Å². The highest BCUT2D eigenvalue weighted by atomic mass is 32.2. The number of nitrogens with one attached hydrogen (secondary N) is 2. The van der Waals surface area contributed by atoms with Crippen LogP contribution in [0, 0.1) is 12.8 Å². The van der Waals surface area contributed by atoms with Gasteiger partial charge in [-0.1, -0.05) is 31.7 Å². The van der Waals surface area contributed by atoms with E-state index in [0.717, 1.165) is 17.5 Å². The Morgan fingerprint density at radius 2 is 1.83 bits per heavy atom. The average Bonchev–Trinajstić information content (AvgIpc) is 2.59. The van der Waals surface area contributed by atoms with Gasteiger partial charge in [-0.2, -0.15) is 15.0 Å². The van der Waals surface area contributed by atoms with E-state index in [-0.39, 0.29) is 29.8 Å². The normalized spacial score (nSPS) is 13.9. The van der Waals surface area contributed by atoms with Crippen molar-refractivity contribution in [2.45, 2.75) is 50.6 Å². The molecule has 0 fully saturated rings. The van der Waals surface area contributed by atoms with Crippen molar-refractivity contribution in [1.82, 2.24) is 19.9 Å². The first-order chi connectivity index (χ1) is 13.6. The topological polar surface area (TPSA) is 130 Å². The van der Waals surface area contributed by atoms with Crippen molar-refractivity contribution >= 4 is 33.7 Å². The van der Waals surface area contributed by atoms with Gasteiger partial charge in [-0.25, -0.2) is 8.42 Å². The maximum Gasteiger partial charge on any atom is 0.242 e. The van der Waals surface area contributed by atoms with E-state index in [1.807, 2.05) is 39.8 Å². The van der Waals surface area contributed by atoms with Crippen LogP contribution in [0.5, 0.6) is 0 Å². The van der Waals surface area contributed by atoms with E-state index in [2.05, 4.69) is 30.0 Å². The van der Waals surface area contributed by atoms with Crippen LogP contribution < -0.4 is 10.0 Å². The van der Waals surface area contributed by atoms with Gasteiger partial charge in [0.25, 0.3) is 0 Å². The SMILES string of the molecule is Cc1ccc(C(C)Sc2nc(N[C@@H](CO)CC(C)C)nc(NS(C)(=O)=O)n2)nc1. The number of sulfonamides is 1. The average molecular weight is 441 g/mol. The van der Waals surface area contributed by atoms with Gasteiger partial charge in [0.15, 0.2) is 5.16 Å². The maximum atomic E-state index is 11.6. The summed E-state index contributed by atoms with van der Waals surface area (Å²) in [7, 11) is -3.55. The van der Waals surface area contributed by atoms with E-state index in [9.17, 15) is 13.5 Å². The number of pyridine rings is 1. The molecule has 0 saturated carbocycles. The molecule has 3 N–H and O–H groups in total. The molecule has 1 unspecified atom stereocenters. The highest BCUT2D eigenvalue weighted by molar-refractivity contribution is 7.99. The molecule has 2 rings (SSSR count). The van der Waals surface area contributed by atoms with E-state index in [1.54, 1.807) is 6.20 Å². The van der Waals surface area contributed by atoms with Gasteiger partial charge in [0, 0.05) is 6.20 Å². The number of anilines is 2. The maximum absolute atomic E-state index is 11.6. The van der Waals surface area contributed by atoms with Crippen LogP contribution in [0.3, 0.4) is 0 Å². The smallest absolute Gasteiger partial charge is 0.242 e. The molecule has 29 heavy (non-hydrogen) atoms. The Bertz CT molecular complexity index is 906. The Balaban J connectivity index is 2.29. The molecular formula is C18H28N6O3S2. The minimum atomic E-state index is -3.55. The number of hydrogen-bond donors (Lipinski definition) is 3. The molecule has 2 aromatic rings. The molecule has 0 aliphatic carbocycles. The lowest BCUT2D eigenvalue weighted by molar-refractivity contribution is 0.259. The second kappa shape index (κ2) is 10.2. The summed E-state index contributed by atoms with van der Waals surface area (Å²) in [4.78, 5) is 17.2. The van der Waals surface area contributed by atoms with Gasteiger partial charge in [-0.3, -0.25) is 9.71 Å². The minimum absolute atomic E-state index is 0.0544. The van der Waals surface area contributed by atoms with Crippen LogP contribution >= 0.6 is 11.8 Å². The molecule has 0 aromatic carbocycles. The lowest BCUT2D eigenvalue weighted by Crippen LogP contribution is -2.27. The van der Waals surface area contributed by atoms with Crippen molar-refractivity contribution in [2.24, 2.45) is 5.92 Å². The first-order valence-electron chi connectivity index (χ1n) is 9.26. The lowest BCUT2D eigenvalue weighted by atomic mass is 10.0. The molecular weight excluding hydrogens is 412 g/mol. The van der Waals surface area contributed by atoms with Gasteiger partial charge in [-0.15, -0.1) is 0 Å². The summed E-state index contributed by atoms with van der Waals surface area (Å²) in [5, 5.41) is 13.0. The van der Waals surface area contributed by atoms with Gasteiger partial charge >= 0.3 is 0 Å². The largest absolute Gasteiger partial charge is 0.394 e. The summed E-state index contributed by atoms with van der Waals surface area (Å²) in [5.41, 5.74) is 1.93. The van der Waals surface area contributed by atoms with E-state index in [0.29, 0.717) is 17.5 Å². The van der Waals surface area contributed by atoms with E-state index in [4.69, 9.17) is 0 Å². The Kier molecular flexibility index (Phi) is 8.17. The summed E-state index contributed by atoms with van der Waals surface area (Å²) in [5.74, 6) is 0.492. The van der Waals surface area contributed by atoms with E-state index < -0.39 is 10.0 Å². The molecule has 160 valence electrons. The summed E-state index contributed by atoms with van der Waals surface area (Å²) in [6, 6.07) is 3.67. The van der Waals surface area contributed by atoms with Crippen LogP contribution in [0.2, 0.25) is 0 Å². The highest BCUT2D eigenvalue weighted by Crippen LogP contribution is 2.32. The van der Waals surface area contributed by atoms with Crippen molar-refractivity contribution in [1.29, 1.82) is 0 Å². The number of rotatable bonds is 10. The van der Waals surface area contributed by atoms with Crippen molar-refractivity contribution in [3.8, 4) is 0 Å². The second-order valence-corrected chi connectivity index (χ2v) is 10.4. The predicted molar refractivity (Wildman–Crippen MR) is 115 cm³/mol. The van der Waals surface area contributed by atoms with Gasteiger partial charge in [-0.05, 0) is 37.8 Å². The summed E-state index contributed by atoms with van der Waals surface area (Å²) in [6.07, 6.45) is 3.54. The molecule has 9 nitrogen and oxygen atoms in total. The van der Waals surface area contributed by atoms with Crippen molar-refractivity contribution in [3.63, 3.8) is 0 Å². The van der Waals surface area contributed by atoms with Gasteiger partial charge in [0.1, 0.15) is 0 Å². The molecule has 2 aromatic heterocycles. The fourth-order valence-corrected chi connectivity index (χ4v) is 3.83. The zero-order valence-corrected chi connectivity index (χ0v) is 18.9. The molecule has 0 bridgehead atoms. The molecule has 0 amide bonds. The number of aryl methyl sites for hydroxylation is 1. The summed E-state index contributed by atoms with van der Waals surface area (Å²) in [6.45, 7) is 7.94. The summed E-state index contributed by atoms with van der Waals surface area (Å²) >= 11 is 1.34. The number of aliphatic hydroxyl groups excluding tert-OH is 1. The Labute approximate surface area is 176 Å². The Hall–Kier alpha value is -1.98. The quantitative estimate of drug-likeness (QED) is 0.477. The fourth-order valence-electron chi connectivity index (χ4n) is 2.55. The molecule has 0 radical (unpaired) electrons. The monoisotopic (exact) mass is 440 g/mol. The third kappa shape index (κ3) is 8.11. The molecule has 0 saturated heterocycles. The van der Waals surface area contributed by atoms with Crippen LogP contribution in [0.15, 0.2) is 23.5 Å². The minimum Gasteiger partial charge on any atom is -0.394 e. The standard InChI is InChI=1S/C18H28N6O3S2/c1-11(2)8-14(10-25)20-16-21-17(24-29(5,26)27)23-18(22-16)28-13(4)15-7-6-12(3)9-19-15/h6-7,9,11,13-14,25H,8,10H2,1-5H3,(H2,20,21,22,23,24)/t13?,14-/m1/s1. The predicted octanol–water partition coefficient (Wildman–Crippen LogP) is 2.62. The van der Waals surface area contributed by atoms with Crippen LogP contribution in [0.25, 0.3) is 0 Å². The van der Waals surface area contributed by atoms with Crippen molar-refractivity contribution in [2.75, 3.05) is 22.9 Å². The molecule has 0 aliphatic heterocycles. The third-order valence-electron chi connectivity index (χ3n) is 3.83. The number of nitrogens with zero attached hydrogens (tertiary/aromatic N) is 4. The fraction of sp³-hybridized carbons (Fsp3) is 0.556. The van der Waals surface area contributed by atoms with Crippen LogP contribution in [0.4, 0.5) is 11.9 Å². The first-order valence-corrected chi connectivity index (χ1v) is 12.0. The van der Waals surface area contributed by atoms with Gasteiger partial charge in [0.05, 0.1) is 29.8 Å². The molecule has 0 spiro atoms. The van der Waals surface area contributed by atoms with Crippen LogP contribution in [-0.2, 0) is 10.0 Å². The van der Waals surface area contributed by atoms with Gasteiger partial charge in [0.2, 0.25) is 21.9 Å². The highest BCUT2D eigenvalue weighted by Gasteiger charge is 2.17. The zero-order valence-electron chi connectivity index (χ0n) is 17.2. The number of hydrogen-bond acceptors (Lipinski definition) is 9. The Morgan fingerprint density at radius 3 is 2.38 bits per heavy atom. The molecule has 2 heterocycles. The van der Waals surface area contributed by atoms with Gasteiger partial charge < -0.3 is 10.4 Å². The van der Waals surface area contributed by atoms with Crippen LogP contribution in [-0.4, -0.2) is 52.4 Å². The molecule has 2 atom stereocenters. The second-order valence-electron chi connectivity index (χ2n) is 7.31. The Morgan fingerprint density at radius 1 is 1.14 bits per heavy atom. The number of thioether (sulfide) groups is 1. The first kappa shape index (κ1) is 23.3. The third-order valence-corrected chi connectivity index (χ3v) is 5.38. The molecule has 11 heteroatoms. The molecule has 0 aliphatic rings. The lowest BCUT2D eigenvalue weighted by Gasteiger charge is -2.19. The van der Waals surface area contributed by atoms with E-state index >= 15 is 0 Å². The van der Waals surface area contributed by atoms with Crippen molar-refractivity contribution < 1.29 is 13.5 Å². The number of aliphatic hydroxyl groups is 1. The number of aromatic nitrogens is 4.